The quantitative estimate of drug-likeness (QED) is 0.255. The van der Waals surface area contributed by atoms with E-state index in [4.69, 9.17) is 14.2 Å². The molecule has 34 heavy (non-hydrogen) atoms. The van der Waals surface area contributed by atoms with Crippen molar-refractivity contribution in [1.82, 2.24) is 0 Å². The van der Waals surface area contributed by atoms with Crippen LogP contribution in [-0.2, 0) is 4.74 Å². The molecular weight excluding hydrogens is 443 g/mol. The van der Waals surface area contributed by atoms with Gasteiger partial charge < -0.3 is 24.6 Å². The van der Waals surface area contributed by atoms with Crippen molar-refractivity contribution in [3.63, 3.8) is 0 Å². The second-order valence-electron chi connectivity index (χ2n) is 7.65. The molecule has 0 saturated carbocycles. The summed E-state index contributed by atoms with van der Waals surface area (Å²) in [5.74, 6) is -1.06. The van der Waals surface area contributed by atoms with Crippen molar-refractivity contribution in [3.05, 3.63) is 82.2 Å². The maximum Gasteiger partial charge on any atom is 0.341 e. The molecule has 8 nitrogen and oxygen atoms in total. The van der Waals surface area contributed by atoms with Gasteiger partial charge in [-0.25, -0.2) is 9.18 Å². The van der Waals surface area contributed by atoms with Gasteiger partial charge >= 0.3 is 5.97 Å². The third kappa shape index (κ3) is 4.78. The second-order valence-corrected chi connectivity index (χ2v) is 7.65. The minimum absolute atomic E-state index is 0.126. The molecule has 0 heterocycles. The number of hydrogen-bond donors (Lipinski definition) is 2. The topological polar surface area (TPSA) is 110 Å². The van der Waals surface area contributed by atoms with Gasteiger partial charge in [-0.1, -0.05) is 34.1 Å². The van der Waals surface area contributed by atoms with E-state index in [2.05, 4.69) is 10.3 Å². The third-order valence-electron chi connectivity index (χ3n) is 5.25. The number of carbonyl (C=O) groups excluding carboxylic acids is 1. The van der Waals surface area contributed by atoms with Gasteiger partial charge in [0, 0.05) is 12.0 Å². The minimum Gasteiger partial charge on any atom is -0.496 e. The molecule has 0 unspecified atom stereocenters. The summed E-state index contributed by atoms with van der Waals surface area (Å²) >= 11 is 0. The summed E-state index contributed by atoms with van der Waals surface area (Å²) in [5.41, 5.74) is 2.08. The highest BCUT2D eigenvalue weighted by Gasteiger charge is 2.32. The van der Waals surface area contributed by atoms with E-state index in [1.54, 1.807) is 12.1 Å². The van der Waals surface area contributed by atoms with Crippen molar-refractivity contribution in [2.45, 2.75) is 26.4 Å². The number of nitrogens with zero attached hydrogens (tertiary/aromatic N) is 2. The van der Waals surface area contributed by atoms with Crippen molar-refractivity contribution in [1.29, 1.82) is 0 Å². The molecular formula is C25H25FN2O6. The van der Waals surface area contributed by atoms with Crippen molar-refractivity contribution < 1.29 is 33.8 Å². The average Bonchev–Trinajstić information content (AvgIpc) is 2.84. The molecule has 2 N–H and O–H groups in total. The Bertz CT molecular complexity index is 1210. The maximum absolute atomic E-state index is 14.2. The zero-order valence-corrected chi connectivity index (χ0v) is 19.2. The molecule has 0 amide bonds. The fraction of sp³-hybridized carbons (Fsp3) is 0.240. The van der Waals surface area contributed by atoms with E-state index in [0.717, 1.165) is 5.57 Å². The van der Waals surface area contributed by atoms with Crippen LogP contribution in [0.1, 0.15) is 53.4 Å². The van der Waals surface area contributed by atoms with Crippen molar-refractivity contribution >= 4 is 17.4 Å². The molecule has 0 spiro atoms. The standard InChI is InChI=1S/C25H25FN2O6/c1-14(2)9-12-20(34-25(29)15-7-5-6-8-17(15)26)16-13-21(32-3)22-18(27-30)10-11-19(28-31)23(22)24(16)33-4/h5-11,13,20,30-31H,12H2,1-4H3/t20-/m1/s1. The molecule has 2 aromatic rings. The Labute approximate surface area is 196 Å². The number of hydrogen-bond acceptors (Lipinski definition) is 8. The lowest BCUT2D eigenvalue weighted by atomic mass is 9.88. The Morgan fingerprint density at radius 1 is 1.06 bits per heavy atom. The Morgan fingerprint density at radius 3 is 2.26 bits per heavy atom. The summed E-state index contributed by atoms with van der Waals surface area (Å²) in [6.45, 7) is 3.79. The second kappa shape index (κ2) is 10.7. The summed E-state index contributed by atoms with van der Waals surface area (Å²) < 4.78 is 31.2. The summed E-state index contributed by atoms with van der Waals surface area (Å²) in [6, 6.07) is 7.13. The largest absolute Gasteiger partial charge is 0.496 e. The Morgan fingerprint density at radius 2 is 1.71 bits per heavy atom. The normalized spacial score (nSPS) is 15.6. The number of ether oxygens (including phenoxy) is 3. The van der Waals surface area contributed by atoms with E-state index >= 15 is 0 Å². The monoisotopic (exact) mass is 468 g/mol. The molecule has 3 rings (SSSR count). The molecule has 1 aliphatic rings. The van der Waals surface area contributed by atoms with Crippen LogP contribution in [0.3, 0.4) is 0 Å². The highest BCUT2D eigenvalue weighted by atomic mass is 19.1. The fourth-order valence-corrected chi connectivity index (χ4v) is 3.67. The van der Waals surface area contributed by atoms with E-state index in [-0.39, 0.29) is 34.9 Å². The van der Waals surface area contributed by atoms with Crippen LogP contribution >= 0.6 is 0 Å². The van der Waals surface area contributed by atoms with Crippen LogP contribution in [0.4, 0.5) is 4.39 Å². The predicted octanol–water partition coefficient (Wildman–Crippen LogP) is 5.02. The SMILES string of the molecule is COc1cc([C@@H](CC=C(C)C)OC(=O)c2ccccc2F)c(OC)c2c1C(=NO)C=CC2=NO. The molecule has 9 heteroatoms. The van der Waals surface area contributed by atoms with Gasteiger partial charge in [-0.2, -0.15) is 0 Å². The summed E-state index contributed by atoms with van der Waals surface area (Å²) in [6.07, 6.45) is 4.11. The summed E-state index contributed by atoms with van der Waals surface area (Å²) in [7, 11) is 2.83. The van der Waals surface area contributed by atoms with Crippen LogP contribution in [0, 0.1) is 5.82 Å². The first-order valence-corrected chi connectivity index (χ1v) is 10.4. The molecule has 0 bridgehead atoms. The smallest absolute Gasteiger partial charge is 0.341 e. The van der Waals surface area contributed by atoms with Crippen molar-refractivity contribution in [2.24, 2.45) is 10.3 Å². The molecule has 1 atom stereocenters. The van der Waals surface area contributed by atoms with Gasteiger partial charge in [0.1, 0.15) is 34.8 Å². The molecule has 0 saturated heterocycles. The van der Waals surface area contributed by atoms with Gasteiger partial charge in [0.05, 0.1) is 30.9 Å². The van der Waals surface area contributed by atoms with E-state index < -0.39 is 17.9 Å². The molecule has 0 aromatic heterocycles. The zero-order valence-electron chi connectivity index (χ0n) is 19.2. The molecule has 1 aliphatic carbocycles. The van der Waals surface area contributed by atoms with Crippen LogP contribution in [-0.4, -0.2) is 42.0 Å². The first-order valence-electron chi connectivity index (χ1n) is 10.4. The Hall–Kier alpha value is -4.14. The molecule has 0 fully saturated rings. The Balaban J connectivity index is 2.22. The predicted molar refractivity (Wildman–Crippen MR) is 124 cm³/mol. The number of fused-ring (bicyclic) bond motifs is 1. The van der Waals surface area contributed by atoms with Crippen molar-refractivity contribution in [2.75, 3.05) is 14.2 Å². The third-order valence-corrected chi connectivity index (χ3v) is 5.25. The van der Waals surface area contributed by atoms with Gasteiger partial charge in [-0.05, 0) is 44.2 Å². The molecule has 2 aromatic carbocycles. The van der Waals surface area contributed by atoms with Crippen LogP contribution in [0.2, 0.25) is 0 Å². The number of esters is 1. The number of oxime groups is 2. The number of methoxy groups -OCH3 is 2. The number of carbonyl (C=O) groups is 1. The lowest BCUT2D eigenvalue weighted by Gasteiger charge is -2.26. The zero-order chi connectivity index (χ0) is 24.8. The van der Waals surface area contributed by atoms with Crippen LogP contribution in [0.25, 0.3) is 0 Å². The van der Waals surface area contributed by atoms with E-state index in [1.807, 2.05) is 19.9 Å². The van der Waals surface area contributed by atoms with Gasteiger partial charge in [0.15, 0.2) is 0 Å². The maximum atomic E-state index is 14.2. The van der Waals surface area contributed by atoms with E-state index in [1.165, 1.54) is 44.6 Å². The van der Waals surface area contributed by atoms with Gasteiger partial charge in [-0.3, -0.25) is 0 Å². The lowest BCUT2D eigenvalue weighted by molar-refractivity contribution is 0.0292. The number of halogens is 1. The highest BCUT2D eigenvalue weighted by molar-refractivity contribution is 6.27. The van der Waals surface area contributed by atoms with Crippen LogP contribution < -0.4 is 9.47 Å². The first kappa shape index (κ1) is 24.5. The summed E-state index contributed by atoms with van der Waals surface area (Å²) in [4.78, 5) is 12.9. The van der Waals surface area contributed by atoms with Gasteiger partial charge in [-0.15, -0.1) is 0 Å². The van der Waals surface area contributed by atoms with Gasteiger partial charge in [0.2, 0.25) is 0 Å². The number of allylic oxidation sites excluding steroid dienone is 3. The highest BCUT2D eigenvalue weighted by Crippen LogP contribution is 2.42. The average molecular weight is 468 g/mol. The first-order chi connectivity index (χ1) is 16.4. The van der Waals surface area contributed by atoms with Crippen molar-refractivity contribution in [3.8, 4) is 11.5 Å². The van der Waals surface area contributed by atoms with Crippen LogP contribution in [0.5, 0.6) is 11.5 Å². The molecule has 0 aliphatic heterocycles. The van der Waals surface area contributed by atoms with Crippen LogP contribution in [0.15, 0.2) is 64.4 Å². The van der Waals surface area contributed by atoms with Gasteiger partial charge in [0.25, 0.3) is 0 Å². The minimum atomic E-state index is -0.906. The fourth-order valence-electron chi connectivity index (χ4n) is 3.67. The summed E-state index contributed by atoms with van der Waals surface area (Å²) in [5, 5.41) is 25.7. The molecule has 0 radical (unpaired) electrons. The lowest BCUT2D eigenvalue weighted by Crippen LogP contribution is -2.20. The van der Waals surface area contributed by atoms with E-state index in [9.17, 15) is 19.6 Å². The number of benzene rings is 2. The number of rotatable bonds is 7. The van der Waals surface area contributed by atoms with E-state index in [0.29, 0.717) is 16.7 Å². The molecule has 178 valence electrons. The Kier molecular flexibility index (Phi) is 7.68.